The number of carbonyl (C=O) groups is 1. The summed E-state index contributed by atoms with van der Waals surface area (Å²) in [6, 6.07) is 5.87. The molecule has 0 bridgehead atoms. The van der Waals surface area contributed by atoms with Crippen LogP contribution in [0.5, 0.6) is 0 Å². The maximum atomic E-state index is 11.0. The van der Waals surface area contributed by atoms with E-state index in [4.69, 9.17) is 0 Å². The van der Waals surface area contributed by atoms with E-state index in [1.165, 1.54) is 19.3 Å². The van der Waals surface area contributed by atoms with Gasteiger partial charge in [0.15, 0.2) is 6.29 Å². The molecule has 0 atom stereocenters. The molecule has 0 heterocycles. The summed E-state index contributed by atoms with van der Waals surface area (Å²) in [6.07, 6.45) is 4.95. The summed E-state index contributed by atoms with van der Waals surface area (Å²) < 4.78 is 0.954. The van der Waals surface area contributed by atoms with Crippen molar-refractivity contribution in [1.29, 1.82) is 0 Å². The van der Waals surface area contributed by atoms with E-state index in [0.29, 0.717) is 0 Å². The van der Waals surface area contributed by atoms with Gasteiger partial charge in [0.2, 0.25) is 0 Å². The minimum Gasteiger partial charge on any atom is -0.374 e. The van der Waals surface area contributed by atoms with Crippen LogP contribution in [0.2, 0.25) is 0 Å². The van der Waals surface area contributed by atoms with E-state index in [1.807, 2.05) is 18.2 Å². The smallest absolute Gasteiger partial charge is 0.152 e. The highest BCUT2D eigenvalue weighted by molar-refractivity contribution is 9.10. The SMILES string of the molecule is CN(CC1CCC1)c1ccc(Br)cc1C=O. The molecule has 0 aliphatic heterocycles. The topological polar surface area (TPSA) is 20.3 Å². The molecule has 1 aromatic rings. The van der Waals surface area contributed by atoms with Crippen molar-refractivity contribution in [3.05, 3.63) is 28.2 Å². The first kappa shape index (κ1) is 11.6. The van der Waals surface area contributed by atoms with E-state index < -0.39 is 0 Å². The van der Waals surface area contributed by atoms with Crippen molar-refractivity contribution in [3.8, 4) is 0 Å². The molecule has 2 rings (SSSR count). The second-order valence-electron chi connectivity index (χ2n) is 4.50. The van der Waals surface area contributed by atoms with Crippen molar-refractivity contribution >= 4 is 27.9 Å². The van der Waals surface area contributed by atoms with Crippen molar-refractivity contribution in [2.75, 3.05) is 18.5 Å². The molecule has 0 spiro atoms. The Bertz CT molecular complexity index is 388. The summed E-state index contributed by atoms with van der Waals surface area (Å²) in [5.41, 5.74) is 1.79. The van der Waals surface area contributed by atoms with Gasteiger partial charge in [0.1, 0.15) is 0 Å². The van der Waals surface area contributed by atoms with Gasteiger partial charge in [0, 0.05) is 29.3 Å². The van der Waals surface area contributed by atoms with Crippen LogP contribution in [0.3, 0.4) is 0 Å². The number of rotatable bonds is 4. The van der Waals surface area contributed by atoms with Crippen molar-refractivity contribution in [3.63, 3.8) is 0 Å². The molecule has 86 valence electrons. The molecular weight excluding hydrogens is 266 g/mol. The zero-order valence-electron chi connectivity index (χ0n) is 9.45. The number of hydrogen-bond donors (Lipinski definition) is 0. The quantitative estimate of drug-likeness (QED) is 0.788. The van der Waals surface area contributed by atoms with Crippen molar-refractivity contribution in [1.82, 2.24) is 0 Å². The highest BCUT2D eigenvalue weighted by atomic mass is 79.9. The summed E-state index contributed by atoms with van der Waals surface area (Å²) in [5.74, 6) is 0.813. The zero-order valence-corrected chi connectivity index (χ0v) is 11.0. The molecule has 0 unspecified atom stereocenters. The average molecular weight is 282 g/mol. The predicted octanol–water partition coefficient (Wildman–Crippen LogP) is 3.50. The Hall–Kier alpha value is -0.830. The van der Waals surface area contributed by atoms with Gasteiger partial charge < -0.3 is 4.90 Å². The molecule has 1 saturated carbocycles. The minimum absolute atomic E-state index is 0.760. The molecule has 1 aliphatic carbocycles. The van der Waals surface area contributed by atoms with Gasteiger partial charge in [-0.25, -0.2) is 0 Å². The maximum absolute atomic E-state index is 11.0. The lowest BCUT2D eigenvalue weighted by molar-refractivity contribution is 0.112. The Kier molecular flexibility index (Phi) is 3.64. The zero-order chi connectivity index (χ0) is 11.5. The molecule has 16 heavy (non-hydrogen) atoms. The van der Waals surface area contributed by atoms with E-state index >= 15 is 0 Å². The van der Waals surface area contributed by atoms with E-state index in [2.05, 4.69) is 27.9 Å². The van der Waals surface area contributed by atoms with Crippen LogP contribution in [0.1, 0.15) is 29.6 Å². The summed E-state index contributed by atoms with van der Waals surface area (Å²) in [4.78, 5) is 13.2. The third kappa shape index (κ3) is 2.46. The molecule has 3 heteroatoms. The highest BCUT2D eigenvalue weighted by Crippen LogP contribution is 2.29. The third-order valence-electron chi connectivity index (χ3n) is 3.28. The van der Waals surface area contributed by atoms with E-state index in [1.54, 1.807) is 0 Å². The van der Waals surface area contributed by atoms with Crippen LogP contribution >= 0.6 is 15.9 Å². The number of carbonyl (C=O) groups excluding carboxylic acids is 1. The molecule has 0 amide bonds. The number of aldehydes is 1. The standard InChI is InChI=1S/C13H16BrNO/c1-15(8-10-3-2-4-10)13-6-5-12(14)7-11(13)9-16/h5-7,9-10H,2-4,8H2,1H3. The van der Waals surface area contributed by atoms with E-state index in [9.17, 15) is 4.79 Å². The lowest BCUT2D eigenvalue weighted by Crippen LogP contribution is -2.29. The third-order valence-corrected chi connectivity index (χ3v) is 3.78. The van der Waals surface area contributed by atoms with Gasteiger partial charge >= 0.3 is 0 Å². The van der Waals surface area contributed by atoms with Crippen LogP contribution in [0, 0.1) is 5.92 Å². The van der Waals surface area contributed by atoms with Gasteiger partial charge in [-0.1, -0.05) is 22.4 Å². The first-order valence-electron chi connectivity index (χ1n) is 5.66. The molecule has 1 aliphatic rings. The fourth-order valence-electron chi connectivity index (χ4n) is 2.13. The van der Waals surface area contributed by atoms with Gasteiger partial charge in [0.05, 0.1) is 0 Å². The predicted molar refractivity (Wildman–Crippen MR) is 70.1 cm³/mol. The van der Waals surface area contributed by atoms with Crippen molar-refractivity contribution < 1.29 is 4.79 Å². The molecule has 0 aromatic heterocycles. The van der Waals surface area contributed by atoms with Gasteiger partial charge in [-0.2, -0.15) is 0 Å². The minimum atomic E-state index is 0.760. The van der Waals surface area contributed by atoms with Crippen LogP contribution in [0.25, 0.3) is 0 Å². The van der Waals surface area contributed by atoms with E-state index in [-0.39, 0.29) is 0 Å². The highest BCUT2D eigenvalue weighted by Gasteiger charge is 2.20. The number of hydrogen-bond acceptors (Lipinski definition) is 2. The first-order valence-corrected chi connectivity index (χ1v) is 6.46. The second kappa shape index (κ2) is 5.00. The molecule has 0 radical (unpaired) electrons. The van der Waals surface area contributed by atoms with Crippen molar-refractivity contribution in [2.45, 2.75) is 19.3 Å². The van der Waals surface area contributed by atoms with Crippen LogP contribution in [-0.4, -0.2) is 19.9 Å². The van der Waals surface area contributed by atoms with Crippen LogP contribution < -0.4 is 4.90 Å². The normalized spacial score (nSPS) is 15.6. The van der Waals surface area contributed by atoms with Crippen LogP contribution in [-0.2, 0) is 0 Å². The molecule has 0 saturated heterocycles. The summed E-state index contributed by atoms with van der Waals surface area (Å²) >= 11 is 3.38. The molecular formula is C13H16BrNO. The fraction of sp³-hybridized carbons (Fsp3) is 0.462. The van der Waals surface area contributed by atoms with Gasteiger partial charge in [-0.05, 0) is 37.0 Å². The van der Waals surface area contributed by atoms with Crippen LogP contribution in [0.4, 0.5) is 5.69 Å². The summed E-state index contributed by atoms with van der Waals surface area (Å²) in [6.45, 7) is 1.06. The lowest BCUT2D eigenvalue weighted by Gasteiger charge is -2.31. The van der Waals surface area contributed by atoms with Gasteiger partial charge in [-0.15, -0.1) is 0 Å². The lowest BCUT2D eigenvalue weighted by atomic mass is 9.85. The largest absolute Gasteiger partial charge is 0.374 e. The summed E-state index contributed by atoms with van der Waals surface area (Å²) in [7, 11) is 2.06. The summed E-state index contributed by atoms with van der Waals surface area (Å²) in [5, 5.41) is 0. The Labute approximate surface area is 105 Å². The second-order valence-corrected chi connectivity index (χ2v) is 5.41. The van der Waals surface area contributed by atoms with Gasteiger partial charge in [0.25, 0.3) is 0 Å². The fourth-order valence-corrected chi connectivity index (χ4v) is 2.51. The monoisotopic (exact) mass is 281 g/mol. The van der Waals surface area contributed by atoms with Crippen molar-refractivity contribution in [2.24, 2.45) is 5.92 Å². The Morgan fingerprint density at radius 2 is 2.25 bits per heavy atom. The molecule has 2 nitrogen and oxygen atoms in total. The maximum Gasteiger partial charge on any atom is 0.152 e. The average Bonchev–Trinajstić information content (AvgIpc) is 2.23. The Morgan fingerprint density at radius 3 is 2.81 bits per heavy atom. The number of anilines is 1. The Balaban J connectivity index is 2.14. The van der Waals surface area contributed by atoms with Crippen LogP contribution in [0.15, 0.2) is 22.7 Å². The van der Waals surface area contributed by atoms with E-state index in [0.717, 1.165) is 34.5 Å². The number of halogens is 1. The number of benzene rings is 1. The molecule has 0 N–H and O–H groups in total. The first-order chi connectivity index (χ1) is 7.70. The Morgan fingerprint density at radius 1 is 1.50 bits per heavy atom. The number of nitrogens with zero attached hydrogens (tertiary/aromatic N) is 1. The molecule has 1 aromatic carbocycles. The van der Waals surface area contributed by atoms with Gasteiger partial charge in [-0.3, -0.25) is 4.79 Å². The molecule has 1 fully saturated rings.